The minimum Gasteiger partial charge on any atom is -0.497 e. The van der Waals surface area contributed by atoms with Crippen LogP contribution in [0, 0.1) is 0 Å². The van der Waals surface area contributed by atoms with Gasteiger partial charge in [0.15, 0.2) is 0 Å². The molecule has 1 aliphatic heterocycles. The molecule has 0 N–H and O–H groups in total. The number of allylic oxidation sites excluding steroid dienone is 3. The summed E-state index contributed by atoms with van der Waals surface area (Å²) in [5, 5.41) is 0. The molecule has 1 heterocycles. The number of methoxy groups -OCH3 is 1. The quantitative estimate of drug-likeness (QED) is 0.358. The van der Waals surface area contributed by atoms with Gasteiger partial charge in [-0.25, -0.2) is 0 Å². The Morgan fingerprint density at radius 2 is 1.89 bits per heavy atom. The van der Waals surface area contributed by atoms with Crippen LogP contribution in [0.3, 0.4) is 0 Å². The molecule has 0 saturated heterocycles. The number of amides is 1. The average Bonchev–Trinajstić information content (AvgIpc) is 2.80. The van der Waals surface area contributed by atoms with Gasteiger partial charge in [-0.05, 0) is 75.4 Å². The fourth-order valence-corrected chi connectivity index (χ4v) is 4.01. The van der Waals surface area contributed by atoms with E-state index < -0.39 is 11.7 Å². The van der Waals surface area contributed by atoms with Crippen LogP contribution in [0.1, 0.15) is 60.7 Å². The first-order valence-corrected chi connectivity index (χ1v) is 11.7. The molecule has 0 bridgehead atoms. The number of carbonyl (C=O) groups excluding carboxylic acids is 1. The summed E-state index contributed by atoms with van der Waals surface area (Å²) in [7, 11) is 1.56. The van der Waals surface area contributed by atoms with Crippen molar-refractivity contribution in [3.63, 3.8) is 0 Å². The summed E-state index contributed by atoms with van der Waals surface area (Å²) in [6.45, 7) is 6.99. The van der Waals surface area contributed by atoms with Crippen LogP contribution in [0.4, 0.5) is 13.2 Å². The van der Waals surface area contributed by atoms with Crippen molar-refractivity contribution in [2.24, 2.45) is 0 Å². The van der Waals surface area contributed by atoms with Gasteiger partial charge in [0.1, 0.15) is 18.1 Å². The van der Waals surface area contributed by atoms with Gasteiger partial charge in [0, 0.05) is 19.2 Å². The molecule has 35 heavy (non-hydrogen) atoms. The molecule has 188 valence electrons. The molecule has 3 rings (SSSR count). The Balaban J connectivity index is 1.78. The molecule has 1 amide bonds. The van der Waals surface area contributed by atoms with Gasteiger partial charge in [-0.15, -0.1) is 0 Å². The standard InChI is InChI=1S/C28H32F3NO3/c1-19(2)7-5-8-20(3)12-14-35-25-17-24(34-4)16-22-11-13-32(27(33)26(22)25)18-21-9-6-10-23(15-21)28(29,30)31/h6-7,9-10,12,15-17H,5,8,11,13-14,18H2,1-4H3/b20-12+. The Kier molecular flexibility index (Phi) is 8.65. The van der Waals surface area contributed by atoms with Crippen LogP contribution in [-0.4, -0.2) is 31.1 Å². The fraction of sp³-hybridized carbons (Fsp3) is 0.393. The van der Waals surface area contributed by atoms with Crippen molar-refractivity contribution >= 4 is 5.91 Å². The topological polar surface area (TPSA) is 38.8 Å². The second kappa shape index (κ2) is 11.5. The number of fused-ring (bicyclic) bond motifs is 1. The maximum Gasteiger partial charge on any atom is 0.416 e. The molecule has 2 aromatic rings. The van der Waals surface area contributed by atoms with Crippen molar-refractivity contribution < 1.29 is 27.4 Å². The molecule has 0 saturated carbocycles. The van der Waals surface area contributed by atoms with Crippen molar-refractivity contribution in [1.29, 1.82) is 0 Å². The van der Waals surface area contributed by atoms with E-state index in [2.05, 4.69) is 19.9 Å². The lowest BCUT2D eigenvalue weighted by atomic mass is 9.96. The molecule has 0 fully saturated rings. The summed E-state index contributed by atoms with van der Waals surface area (Å²) in [5.74, 6) is 0.763. The van der Waals surface area contributed by atoms with E-state index in [0.717, 1.165) is 30.5 Å². The first kappa shape index (κ1) is 26.4. The molecular weight excluding hydrogens is 455 g/mol. The van der Waals surface area contributed by atoms with Crippen LogP contribution in [0.25, 0.3) is 0 Å². The van der Waals surface area contributed by atoms with Gasteiger partial charge in [0.2, 0.25) is 0 Å². The summed E-state index contributed by atoms with van der Waals surface area (Å²) in [6, 6.07) is 8.61. The lowest BCUT2D eigenvalue weighted by Gasteiger charge is -2.30. The number of ether oxygens (including phenoxy) is 2. The molecule has 0 radical (unpaired) electrons. The number of hydrogen-bond acceptors (Lipinski definition) is 3. The van der Waals surface area contributed by atoms with E-state index in [1.165, 1.54) is 17.2 Å². The van der Waals surface area contributed by atoms with Gasteiger partial charge in [-0.1, -0.05) is 29.4 Å². The average molecular weight is 488 g/mol. The SMILES string of the molecule is COc1cc2c(c(OC/C=C(\C)CCC=C(C)C)c1)C(=O)N(Cc1cccc(C(F)(F)F)c1)CC2. The minimum atomic E-state index is -4.43. The predicted molar refractivity (Wildman–Crippen MR) is 131 cm³/mol. The van der Waals surface area contributed by atoms with Crippen molar-refractivity contribution in [1.82, 2.24) is 4.90 Å². The van der Waals surface area contributed by atoms with E-state index >= 15 is 0 Å². The summed E-state index contributed by atoms with van der Waals surface area (Å²) >= 11 is 0. The Hall–Kier alpha value is -3.22. The third kappa shape index (κ3) is 7.13. The maximum absolute atomic E-state index is 13.4. The highest BCUT2D eigenvalue weighted by Crippen LogP contribution is 2.34. The zero-order valence-electron chi connectivity index (χ0n) is 20.7. The third-order valence-electron chi connectivity index (χ3n) is 5.93. The van der Waals surface area contributed by atoms with Gasteiger partial charge < -0.3 is 14.4 Å². The van der Waals surface area contributed by atoms with Gasteiger partial charge in [-0.2, -0.15) is 13.2 Å². The molecule has 4 nitrogen and oxygen atoms in total. The molecular formula is C28H32F3NO3. The largest absolute Gasteiger partial charge is 0.497 e. The zero-order valence-corrected chi connectivity index (χ0v) is 20.7. The minimum absolute atomic E-state index is 0.0943. The second-order valence-corrected chi connectivity index (χ2v) is 9.02. The number of alkyl halides is 3. The highest BCUT2D eigenvalue weighted by atomic mass is 19.4. The van der Waals surface area contributed by atoms with Crippen LogP contribution in [0.15, 0.2) is 59.7 Å². The Morgan fingerprint density at radius 3 is 2.57 bits per heavy atom. The van der Waals surface area contributed by atoms with Crippen LogP contribution in [0.2, 0.25) is 0 Å². The number of rotatable bonds is 9. The Morgan fingerprint density at radius 1 is 1.11 bits per heavy atom. The van der Waals surface area contributed by atoms with Crippen LogP contribution >= 0.6 is 0 Å². The first-order chi connectivity index (χ1) is 16.6. The Bertz CT molecular complexity index is 1110. The van der Waals surface area contributed by atoms with Gasteiger partial charge in [0.25, 0.3) is 5.91 Å². The molecule has 7 heteroatoms. The number of benzene rings is 2. The molecule has 0 spiro atoms. The van der Waals surface area contributed by atoms with E-state index in [1.807, 2.05) is 19.1 Å². The van der Waals surface area contributed by atoms with Crippen LogP contribution in [0.5, 0.6) is 11.5 Å². The number of nitrogens with zero attached hydrogens (tertiary/aromatic N) is 1. The van der Waals surface area contributed by atoms with Crippen molar-refractivity contribution in [3.05, 3.63) is 82.0 Å². The molecule has 0 aromatic heterocycles. The van der Waals surface area contributed by atoms with Gasteiger partial charge in [0.05, 0.1) is 18.2 Å². The molecule has 0 atom stereocenters. The summed E-state index contributed by atoms with van der Waals surface area (Å²) < 4.78 is 50.7. The lowest BCUT2D eigenvalue weighted by Crippen LogP contribution is -2.37. The van der Waals surface area contributed by atoms with E-state index in [0.29, 0.717) is 42.2 Å². The zero-order chi connectivity index (χ0) is 25.6. The number of carbonyl (C=O) groups is 1. The summed E-state index contributed by atoms with van der Waals surface area (Å²) in [6.07, 6.45) is 2.21. The molecule has 0 aliphatic carbocycles. The van der Waals surface area contributed by atoms with E-state index in [1.54, 1.807) is 24.1 Å². The maximum atomic E-state index is 13.4. The monoisotopic (exact) mass is 487 g/mol. The summed E-state index contributed by atoms with van der Waals surface area (Å²) in [5.41, 5.74) is 3.44. The van der Waals surface area contributed by atoms with E-state index in [4.69, 9.17) is 9.47 Å². The highest BCUT2D eigenvalue weighted by Gasteiger charge is 2.32. The van der Waals surface area contributed by atoms with Crippen molar-refractivity contribution in [2.45, 2.75) is 52.8 Å². The molecule has 1 aliphatic rings. The molecule has 2 aromatic carbocycles. The molecule has 0 unspecified atom stereocenters. The Labute approximate surface area is 205 Å². The third-order valence-corrected chi connectivity index (χ3v) is 5.93. The van der Waals surface area contributed by atoms with Crippen LogP contribution in [-0.2, 0) is 19.1 Å². The van der Waals surface area contributed by atoms with Gasteiger partial charge in [-0.3, -0.25) is 4.79 Å². The van der Waals surface area contributed by atoms with Crippen molar-refractivity contribution in [3.8, 4) is 11.5 Å². The summed E-state index contributed by atoms with van der Waals surface area (Å²) in [4.78, 5) is 15.0. The van der Waals surface area contributed by atoms with Gasteiger partial charge >= 0.3 is 6.18 Å². The first-order valence-electron chi connectivity index (χ1n) is 11.7. The van der Waals surface area contributed by atoms with E-state index in [9.17, 15) is 18.0 Å². The number of halogens is 3. The lowest BCUT2D eigenvalue weighted by molar-refractivity contribution is -0.137. The van der Waals surface area contributed by atoms with Crippen molar-refractivity contribution in [2.75, 3.05) is 20.3 Å². The highest BCUT2D eigenvalue weighted by molar-refractivity contribution is 5.99. The number of hydrogen-bond donors (Lipinski definition) is 0. The van der Waals surface area contributed by atoms with Crippen LogP contribution < -0.4 is 9.47 Å². The predicted octanol–water partition coefficient (Wildman–Crippen LogP) is 6.98. The smallest absolute Gasteiger partial charge is 0.416 e. The normalized spacial score (nSPS) is 14.0. The van der Waals surface area contributed by atoms with E-state index in [-0.39, 0.29) is 12.5 Å². The second-order valence-electron chi connectivity index (χ2n) is 9.02. The fourth-order valence-electron chi connectivity index (χ4n) is 4.01.